The predicted octanol–water partition coefficient (Wildman–Crippen LogP) is 1.46. The van der Waals surface area contributed by atoms with Crippen LogP contribution in [0.1, 0.15) is 15.4 Å². The summed E-state index contributed by atoms with van der Waals surface area (Å²) in [5, 5.41) is 5.81. The molecule has 0 unspecified atom stereocenters. The molecule has 6 heteroatoms. The van der Waals surface area contributed by atoms with Gasteiger partial charge in [-0.15, -0.1) is 11.3 Å². The summed E-state index contributed by atoms with van der Waals surface area (Å²) in [7, 11) is 1.86. The van der Waals surface area contributed by atoms with Crippen LogP contribution in [0, 0.1) is 0 Å². The van der Waals surface area contributed by atoms with E-state index in [2.05, 4.69) is 5.10 Å². The Kier molecular flexibility index (Phi) is 3.43. The number of carbonyl (C=O) groups excluding carboxylic acids is 1. The number of nitrogens with zero attached hydrogens (tertiary/aromatic N) is 2. The van der Waals surface area contributed by atoms with Gasteiger partial charge in [0.1, 0.15) is 4.88 Å². The Balaban J connectivity index is 1.86. The molecule has 90 valence electrons. The van der Waals surface area contributed by atoms with Crippen molar-refractivity contribution in [3.63, 3.8) is 0 Å². The van der Waals surface area contributed by atoms with Crippen molar-refractivity contribution in [3.8, 4) is 0 Å². The number of esters is 1. The van der Waals surface area contributed by atoms with Crippen molar-refractivity contribution >= 4 is 23.0 Å². The van der Waals surface area contributed by atoms with Crippen LogP contribution in [0.2, 0.25) is 0 Å². The molecule has 0 atom stereocenters. The lowest BCUT2D eigenvalue weighted by Crippen LogP contribution is -2.10. The number of carbonyl (C=O) groups is 1. The van der Waals surface area contributed by atoms with E-state index < -0.39 is 0 Å². The van der Waals surface area contributed by atoms with Gasteiger partial charge in [-0.25, -0.2) is 4.79 Å². The van der Waals surface area contributed by atoms with Gasteiger partial charge in [-0.2, -0.15) is 5.10 Å². The Bertz CT molecular complexity index is 518. The Morgan fingerprint density at radius 3 is 3.00 bits per heavy atom. The van der Waals surface area contributed by atoms with Gasteiger partial charge in [0.25, 0.3) is 0 Å². The average Bonchev–Trinajstić information content (AvgIpc) is 2.88. The molecule has 17 heavy (non-hydrogen) atoms. The summed E-state index contributed by atoms with van der Waals surface area (Å²) in [6.07, 6.45) is 2.36. The fourth-order valence-corrected chi connectivity index (χ4v) is 2.16. The summed E-state index contributed by atoms with van der Waals surface area (Å²) in [5.74, 6) is -0.361. The number of rotatable bonds is 4. The normalized spacial score (nSPS) is 10.4. The summed E-state index contributed by atoms with van der Waals surface area (Å²) in [5.41, 5.74) is 7.13. The lowest BCUT2D eigenvalue weighted by atomic mass is 10.3. The van der Waals surface area contributed by atoms with E-state index in [0.717, 1.165) is 5.69 Å². The topological polar surface area (TPSA) is 70.1 Å². The molecular formula is C11H13N3O2S. The largest absolute Gasteiger partial charge is 0.461 e. The molecular weight excluding hydrogens is 238 g/mol. The standard InChI is InChI=1S/C11H13N3O2S/c1-14-8(2-5-13-14)3-6-16-11(15)10-9(12)4-7-17-10/h2,4-5,7H,3,6,12H2,1H3. The summed E-state index contributed by atoms with van der Waals surface area (Å²) in [6, 6.07) is 3.59. The van der Waals surface area contributed by atoms with Crippen LogP contribution in [0.15, 0.2) is 23.7 Å². The van der Waals surface area contributed by atoms with Crippen molar-refractivity contribution in [2.75, 3.05) is 12.3 Å². The van der Waals surface area contributed by atoms with Crippen molar-refractivity contribution in [3.05, 3.63) is 34.3 Å². The molecule has 0 bridgehead atoms. The molecule has 0 aromatic carbocycles. The molecule has 2 rings (SSSR count). The number of hydrogen-bond donors (Lipinski definition) is 1. The van der Waals surface area contributed by atoms with Crippen molar-refractivity contribution in [2.24, 2.45) is 7.05 Å². The summed E-state index contributed by atoms with van der Waals surface area (Å²) < 4.78 is 6.90. The molecule has 5 nitrogen and oxygen atoms in total. The maximum absolute atomic E-state index is 11.6. The van der Waals surface area contributed by atoms with Gasteiger partial charge < -0.3 is 10.5 Å². The van der Waals surface area contributed by atoms with E-state index in [4.69, 9.17) is 10.5 Å². The maximum Gasteiger partial charge on any atom is 0.350 e. The third-order valence-electron chi connectivity index (χ3n) is 2.39. The van der Waals surface area contributed by atoms with E-state index in [1.807, 2.05) is 13.1 Å². The fourth-order valence-electron chi connectivity index (χ4n) is 1.45. The van der Waals surface area contributed by atoms with Crippen LogP contribution in [0.5, 0.6) is 0 Å². The second-order valence-corrected chi connectivity index (χ2v) is 4.45. The number of anilines is 1. The molecule has 2 heterocycles. The Morgan fingerprint density at radius 1 is 1.59 bits per heavy atom. The maximum atomic E-state index is 11.6. The van der Waals surface area contributed by atoms with Crippen LogP contribution >= 0.6 is 11.3 Å². The molecule has 2 N–H and O–H groups in total. The molecule has 2 aromatic rings. The smallest absolute Gasteiger partial charge is 0.350 e. The lowest BCUT2D eigenvalue weighted by molar-refractivity contribution is 0.0514. The van der Waals surface area contributed by atoms with Gasteiger partial charge >= 0.3 is 5.97 Å². The minimum atomic E-state index is -0.361. The SMILES string of the molecule is Cn1nccc1CCOC(=O)c1sccc1N. The summed E-state index contributed by atoms with van der Waals surface area (Å²) >= 11 is 1.29. The number of hydrogen-bond acceptors (Lipinski definition) is 5. The third-order valence-corrected chi connectivity index (χ3v) is 3.31. The molecule has 0 saturated heterocycles. The molecule has 0 radical (unpaired) electrons. The zero-order valence-corrected chi connectivity index (χ0v) is 10.2. The van der Waals surface area contributed by atoms with E-state index in [1.54, 1.807) is 22.3 Å². The number of nitrogen functional groups attached to an aromatic ring is 1. The highest BCUT2D eigenvalue weighted by Gasteiger charge is 2.12. The van der Waals surface area contributed by atoms with E-state index in [1.165, 1.54) is 11.3 Å². The predicted molar refractivity (Wildman–Crippen MR) is 65.9 cm³/mol. The van der Waals surface area contributed by atoms with E-state index >= 15 is 0 Å². The van der Waals surface area contributed by atoms with Crippen LogP contribution in [0.4, 0.5) is 5.69 Å². The first-order valence-corrected chi connectivity index (χ1v) is 6.03. The quantitative estimate of drug-likeness (QED) is 0.835. The first-order valence-electron chi connectivity index (χ1n) is 5.15. The number of nitrogens with two attached hydrogens (primary N) is 1. The van der Waals surface area contributed by atoms with Crippen LogP contribution in [0.3, 0.4) is 0 Å². The first-order chi connectivity index (χ1) is 8.18. The number of thiophene rings is 1. The van der Waals surface area contributed by atoms with E-state index in [0.29, 0.717) is 23.6 Å². The van der Waals surface area contributed by atoms with Crippen LogP contribution in [-0.2, 0) is 18.2 Å². The summed E-state index contributed by atoms with van der Waals surface area (Å²) in [4.78, 5) is 12.1. The van der Waals surface area contributed by atoms with Gasteiger partial charge in [-0.1, -0.05) is 0 Å². The van der Waals surface area contributed by atoms with Gasteiger partial charge in [-0.05, 0) is 17.5 Å². The first kappa shape index (κ1) is 11.7. The van der Waals surface area contributed by atoms with Gasteiger partial charge in [0, 0.05) is 25.4 Å². The monoisotopic (exact) mass is 251 g/mol. The zero-order chi connectivity index (χ0) is 12.3. The second kappa shape index (κ2) is 5.01. The average molecular weight is 251 g/mol. The van der Waals surface area contributed by atoms with Crippen molar-refractivity contribution in [1.29, 1.82) is 0 Å². The van der Waals surface area contributed by atoms with Crippen LogP contribution in [0.25, 0.3) is 0 Å². The number of aryl methyl sites for hydroxylation is 1. The number of ether oxygens (including phenoxy) is 1. The second-order valence-electron chi connectivity index (χ2n) is 3.54. The highest BCUT2D eigenvalue weighted by molar-refractivity contribution is 7.12. The molecule has 0 spiro atoms. The highest BCUT2D eigenvalue weighted by Crippen LogP contribution is 2.19. The molecule has 0 saturated carbocycles. The van der Waals surface area contributed by atoms with Gasteiger partial charge in [0.2, 0.25) is 0 Å². The number of aromatic nitrogens is 2. The zero-order valence-electron chi connectivity index (χ0n) is 9.42. The highest BCUT2D eigenvalue weighted by atomic mass is 32.1. The summed E-state index contributed by atoms with van der Waals surface area (Å²) in [6.45, 7) is 0.329. The molecule has 0 fully saturated rings. The van der Waals surface area contributed by atoms with Crippen LogP contribution in [-0.4, -0.2) is 22.4 Å². The van der Waals surface area contributed by atoms with Gasteiger partial charge in [0.15, 0.2) is 0 Å². The Labute approximate surface area is 103 Å². The van der Waals surface area contributed by atoms with Gasteiger partial charge in [-0.3, -0.25) is 4.68 Å². The lowest BCUT2D eigenvalue weighted by Gasteiger charge is -2.04. The van der Waals surface area contributed by atoms with Crippen LogP contribution < -0.4 is 5.73 Å². The molecule has 0 aliphatic rings. The molecule has 0 amide bonds. The van der Waals surface area contributed by atoms with Crippen molar-refractivity contribution in [2.45, 2.75) is 6.42 Å². The van der Waals surface area contributed by atoms with E-state index in [9.17, 15) is 4.79 Å². The molecule has 0 aliphatic heterocycles. The van der Waals surface area contributed by atoms with E-state index in [-0.39, 0.29) is 5.97 Å². The Hall–Kier alpha value is -1.82. The fraction of sp³-hybridized carbons (Fsp3) is 0.273. The minimum Gasteiger partial charge on any atom is -0.461 e. The minimum absolute atomic E-state index is 0.329. The molecule has 0 aliphatic carbocycles. The van der Waals surface area contributed by atoms with Crippen molar-refractivity contribution < 1.29 is 9.53 Å². The Morgan fingerprint density at radius 2 is 2.41 bits per heavy atom. The molecule has 2 aromatic heterocycles. The third kappa shape index (κ3) is 2.65. The van der Waals surface area contributed by atoms with Crippen molar-refractivity contribution in [1.82, 2.24) is 9.78 Å². The van der Waals surface area contributed by atoms with Gasteiger partial charge in [0.05, 0.1) is 12.3 Å².